The third kappa shape index (κ3) is 39.7. The Hall–Kier alpha value is -5.40. The molecule has 0 aromatic carbocycles. The Bertz CT molecular complexity index is 1860. The van der Waals surface area contributed by atoms with Crippen molar-refractivity contribution in [3.05, 3.63) is 146 Å². The molecule has 0 saturated carbocycles. The molecule has 1 fully saturated rings. The van der Waals surface area contributed by atoms with Crippen LogP contribution < -0.4 is 0 Å². The Morgan fingerprint density at radius 2 is 0.827 bits per heavy atom. The molecule has 0 aliphatic carbocycles. The summed E-state index contributed by atoms with van der Waals surface area (Å²) in [6, 6.07) is 0. The molecule has 75 heavy (non-hydrogen) atoms. The standard InChI is InChI=1S/C63H94O12/c1-4-7-10-13-16-19-22-25-26-27-28-29-30-33-34-37-40-43-46-49-55(64)71-52-54(73-56(65)50-47-44-41-38-35-31-23-20-17-14-11-8-5-2)53-72-63-61(59(68)58(67)60(75-63)62(69)70)74-57(66)51-48-45-42-39-36-32-24-21-18-15-12-9-6-3/h7-12,16-21,25-26,28-29,31-36,42,45,54,58-61,63,67-68H,4-6,13-15,22-24,27,30,37-41,43-44,46-53H2,1-3H3,(H,69,70)/b10-7-,11-8-,12-9-,19-16-,20-17-,21-18-,26-25-,29-28-,34-33-,35-31-,36-32-,45-42-. The van der Waals surface area contributed by atoms with Gasteiger partial charge in [-0.3, -0.25) is 14.4 Å². The lowest BCUT2D eigenvalue weighted by molar-refractivity contribution is -0.301. The van der Waals surface area contributed by atoms with E-state index in [4.69, 9.17) is 23.7 Å². The van der Waals surface area contributed by atoms with Crippen LogP contribution in [0.5, 0.6) is 0 Å². The van der Waals surface area contributed by atoms with Crippen molar-refractivity contribution in [1.29, 1.82) is 0 Å². The Kier molecular flexibility index (Phi) is 44.6. The topological polar surface area (TPSA) is 175 Å². The summed E-state index contributed by atoms with van der Waals surface area (Å²) in [6.45, 7) is 5.52. The van der Waals surface area contributed by atoms with Crippen LogP contribution in [-0.2, 0) is 42.9 Å². The van der Waals surface area contributed by atoms with Crippen molar-refractivity contribution in [3.63, 3.8) is 0 Å². The minimum Gasteiger partial charge on any atom is -0.479 e. The molecule has 0 spiro atoms. The van der Waals surface area contributed by atoms with Gasteiger partial charge in [0.15, 0.2) is 24.6 Å². The molecule has 0 bridgehead atoms. The van der Waals surface area contributed by atoms with Gasteiger partial charge >= 0.3 is 23.9 Å². The predicted octanol–water partition coefficient (Wildman–Crippen LogP) is 14.0. The number of allylic oxidation sites excluding steroid dienone is 24. The zero-order chi connectivity index (χ0) is 54.7. The Balaban J connectivity index is 2.79. The average molecular weight is 1040 g/mol. The number of carboxylic acid groups (broad SMARTS) is 1. The summed E-state index contributed by atoms with van der Waals surface area (Å²) in [5, 5.41) is 31.4. The number of ether oxygens (including phenoxy) is 5. The van der Waals surface area contributed by atoms with E-state index in [2.05, 4.69) is 148 Å². The predicted molar refractivity (Wildman–Crippen MR) is 302 cm³/mol. The van der Waals surface area contributed by atoms with Crippen molar-refractivity contribution in [2.75, 3.05) is 13.2 Å². The normalized spacial score (nSPS) is 19.3. The van der Waals surface area contributed by atoms with Gasteiger partial charge in [-0.1, -0.05) is 179 Å². The van der Waals surface area contributed by atoms with Crippen LogP contribution in [0, 0.1) is 0 Å². The van der Waals surface area contributed by atoms with E-state index in [-0.39, 0.29) is 25.9 Å². The fourth-order valence-electron chi connectivity index (χ4n) is 7.24. The molecule has 12 nitrogen and oxygen atoms in total. The van der Waals surface area contributed by atoms with Gasteiger partial charge in [0, 0.05) is 19.3 Å². The van der Waals surface area contributed by atoms with E-state index >= 15 is 0 Å². The maximum absolute atomic E-state index is 13.1. The van der Waals surface area contributed by atoms with Crippen molar-refractivity contribution in [2.45, 2.75) is 212 Å². The fourth-order valence-corrected chi connectivity index (χ4v) is 7.24. The van der Waals surface area contributed by atoms with Crippen LogP contribution in [0.2, 0.25) is 0 Å². The first-order valence-corrected chi connectivity index (χ1v) is 27.8. The number of hydrogen-bond acceptors (Lipinski definition) is 11. The summed E-state index contributed by atoms with van der Waals surface area (Å²) in [6.07, 6.45) is 58.5. The molecule has 0 radical (unpaired) electrons. The monoisotopic (exact) mass is 1040 g/mol. The summed E-state index contributed by atoms with van der Waals surface area (Å²) in [5.41, 5.74) is 0. The molecular formula is C63H94O12. The number of unbranched alkanes of at least 4 members (excludes halogenated alkanes) is 6. The van der Waals surface area contributed by atoms with E-state index in [0.29, 0.717) is 25.7 Å². The van der Waals surface area contributed by atoms with Gasteiger partial charge in [0.05, 0.1) is 6.61 Å². The number of carbonyl (C=O) groups excluding carboxylic acids is 3. The molecule has 0 aromatic heterocycles. The number of hydrogen-bond donors (Lipinski definition) is 3. The van der Waals surface area contributed by atoms with Crippen molar-refractivity contribution < 1.29 is 58.2 Å². The zero-order valence-corrected chi connectivity index (χ0v) is 45.7. The lowest BCUT2D eigenvalue weighted by Gasteiger charge is -2.40. The van der Waals surface area contributed by atoms with Crippen LogP contribution >= 0.6 is 0 Å². The van der Waals surface area contributed by atoms with Gasteiger partial charge < -0.3 is 39.0 Å². The molecule has 3 N–H and O–H groups in total. The summed E-state index contributed by atoms with van der Waals surface area (Å²) in [7, 11) is 0. The Labute approximate surface area is 451 Å². The highest BCUT2D eigenvalue weighted by atomic mass is 16.7. The van der Waals surface area contributed by atoms with Crippen LogP contribution in [0.1, 0.15) is 175 Å². The van der Waals surface area contributed by atoms with Crippen molar-refractivity contribution >= 4 is 23.9 Å². The van der Waals surface area contributed by atoms with Crippen LogP contribution in [0.25, 0.3) is 0 Å². The second kappa shape index (κ2) is 49.5. The van der Waals surface area contributed by atoms with E-state index in [1.54, 1.807) is 0 Å². The number of esters is 3. The average Bonchev–Trinajstić information content (AvgIpc) is 3.39. The number of aliphatic hydroxyl groups is 2. The van der Waals surface area contributed by atoms with Gasteiger partial charge in [0.1, 0.15) is 18.8 Å². The first-order valence-electron chi connectivity index (χ1n) is 27.8. The van der Waals surface area contributed by atoms with Crippen LogP contribution in [0.4, 0.5) is 0 Å². The van der Waals surface area contributed by atoms with E-state index in [9.17, 15) is 34.5 Å². The highest BCUT2D eigenvalue weighted by Gasteiger charge is 2.50. The second-order valence-corrected chi connectivity index (χ2v) is 18.1. The van der Waals surface area contributed by atoms with Gasteiger partial charge in [0.25, 0.3) is 0 Å². The minimum atomic E-state index is -1.94. The minimum absolute atomic E-state index is 0.0764. The van der Waals surface area contributed by atoms with Crippen LogP contribution in [-0.4, -0.2) is 89.2 Å². The summed E-state index contributed by atoms with van der Waals surface area (Å²) >= 11 is 0. The largest absolute Gasteiger partial charge is 0.479 e. The third-order valence-corrected chi connectivity index (χ3v) is 11.4. The van der Waals surface area contributed by atoms with Gasteiger partial charge in [-0.15, -0.1) is 0 Å². The number of rotatable bonds is 44. The maximum atomic E-state index is 13.1. The molecule has 1 heterocycles. The molecule has 1 aliphatic rings. The van der Waals surface area contributed by atoms with Gasteiger partial charge in [0.2, 0.25) is 0 Å². The van der Waals surface area contributed by atoms with Crippen molar-refractivity contribution in [2.24, 2.45) is 0 Å². The van der Waals surface area contributed by atoms with E-state index in [0.717, 1.165) is 109 Å². The summed E-state index contributed by atoms with van der Waals surface area (Å²) in [5.74, 6) is -3.34. The van der Waals surface area contributed by atoms with E-state index in [1.807, 2.05) is 18.2 Å². The molecule has 12 heteroatoms. The maximum Gasteiger partial charge on any atom is 0.335 e. The van der Waals surface area contributed by atoms with Crippen LogP contribution in [0.3, 0.4) is 0 Å². The van der Waals surface area contributed by atoms with E-state index in [1.165, 1.54) is 0 Å². The highest BCUT2D eigenvalue weighted by molar-refractivity contribution is 5.74. The fraction of sp³-hybridized carbons (Fsp3) is 0.556. The Morgan fingerprint density at radius 1 is 0.440 bits per heavy atom. The SMILES string of the molecule is CC/C=C\C/C=C\C/C=C\C/C=C\C/C=C\CCCCCC(=O)OCC(COC1OC(C(=O)O)C(O)C(O)C1OC(=O)CC/C=C\C/C=C\C/C=C\C/C=C\CC)OC(=O)CCCCC/C=C\C/C=C\C/C=C\CC. The van der Waals surface area contributed by atoms with Crippen LogP contribution in [0.15, 0.2) is 146 Å². The van der Waals surface area contributed by atoms with Gasteiger partial charge in [-0.05, 0) is 122 Å². The molecule has 6 unspecified atom stereocenters. The molecule has 1 saturated heterocycles. The molecule has 1 rings (SSSR count). The lowest BCUT2D eigenvalue weighted by atomic mass is 9.98. The second-order valence-electron chi connectivity index (χ2n) is 18.1. The number of aliphatic carboxylic acids is 1. The molecular weight excluding hydrogens is 949 g/mol. The highest BCUT2D eigenvalue weighted by Crippen LogP contribution is 2.26. The quantitative estimate of drug-likeness (QED) is 0.0228. The van der Waals surface area contributed by atoms with E-state index < -0.39 is 67.3 Å². The smallest absolute Gasteiger partial charge is 0.335 e. The van der Waals surface area contributed by atoms with Crippen molar-refractivity contribution in [1.82, 2.24) is 0 Å². The molecule has 0 aromatic rings. The number of carboxylic acids is 1. The van der Waals surface area contributed by atoms with Crippen molar-refractivity contribution in [3.8, 4) is 0 Å². The zero-order valence-electron chi connectivity index (χ0n) is 45.7. The molecule has 1 aliphatic heterocycles. The summed E-state index contributed by atoms with van der Waals surface area (Å²) < 4.78 is 28.2. The number of aliphatic hydroxyl groups excluding tert-OH is 2. The summed E-state index contributed by atoms with van der Waals surface area (Å²) in [4.78, 5) is 51.0. The van der Waals surface area contributed by atoms with Gasteiger partial charge in [-0.25, -0.2) is 4.79 Å². The molecule has 418 valence electrons. The molecule has 0 amide bonds. The molecule has 6 atom stereocenters. The Morgan fingerprint density at radius 3 is 1.24 bits per heavy atom. The third-order valence-electron chi connectivity index (χ3n) is 11.4. The first-order chi connectivity index (χ1) is 36.6. The number of carbonyl (C=O) groups is 4. The van der Waals surface area contributed by atoms with Gasteiger partial charge in [-0.2, -0.15) is 0 Å². The lowest BCUT2D eigenvalue weighted by Crippen LogP contribution is -2.61. The first kappa shape index (κ1) is 67.6.